The maximum Gasteiger partial charge on any atom is 0.256 e. The van der Waals surface area contributed by atoms with E-state index < -0.39 is 6.10 Å². The summed E-state index contributed by atoms with van der Waals surface area (Å²) in [6.45, 7) is 1.30. The second-order valence-corrected chi connectivity index (χ2v) is 5.49. The molecule has 0 aromatic heterocycles. The minimum atomic E-state index is -0.655. The van der Waals surface area contributed by atoms with Gasteiger partial charge < -0.3 is 10.1 Å². The van der Waals surface area contributed by atoms with Crippen molar-refractivity contribution < 1.29 is 14.4 Å². The number of hydrogen-bond acceptors (Lipinski definition) is 4. The molecule has 1 aromatic rings. The Morgan fingerprint density at radius 1 is 1.43 bits per heavy atom. The standard InChI is InChI=1S/C15H17ClN2O3/c16-12-6-2-1-5-11(12)13-8-14(21-18-13)15(19)17-9-10-4-3-7-20-10/h1-2,5-6,8,10,14,18H,3-4,7,9H2,(H,17,19)/t10-,14+/m1/s1. The van der Waals surface area contributed by atoms with Gasteiger partial charge >= 0.3 is 0 Å². The second-order valence-electron chi connectivity index (χ2n) is 5.08. The third-order valence-electron chi connectivity index (χ3n) is 3.56. The van der Waals surface area contributed by atoms with E-state index in [-0.39, 0.29) is 12.0 Å². The van der Waals surface area contributed by atoms with Crippen LogP contribution in [0.4, 0.5) is 0 Å². The Morgan fingerprint density at radius 2 is 2.29 bits per heavy atom. The zero-order chi connectivity index (χ0) is 14.7. The van der Waals surface area contributed by atoms with E-state index in [9.17, 15) is 4.79 Å². The Labute approximate surface area is 128 Å². The van der Waals surface area contributed by atoms with Gasteiger partial charge in [-0.05, 0) is 25.0 Å². The third-order valence-corrected chi connectivity index (χ3v) is 3.89. The molecule has 2 aliphatic rings. The van der Waals surface area contributed by atoms with Crippen LogP contribution in [0, 0.1) is 0 Å². The number of carbonyl (C=O) groups is 1. The van der Waals surface area contributed by atoms with Gasteiger partial charge in [-0.1, -0.05) is 29.8 Å². The van der Waals surface area contributed by atoms with Crippen LogP contribution in [-0.2, 0) is 14.4 Å². The summed E-state index contributed by atoms with van der Waals surface area (Å²) >= 11 is 6.13. The molecule has 2 N–H and O–H groups in total. The smallest absolute Gasteiger partial charge is 0.256 e. The van der Waals surface area contributed by atoms with Crippen molar-refractivity contribution >= 4 is 23.2 Å². The molecule has 0 radical (unpaired) electrons. The summed E-state index contributed by atoms with van der Waals surface area (Å²) in [5, 5.41) is 3.46. The van der Waals surface area contributed by atoms with Crippen LogP contribution < -0.4 is 10.8 Å². The number of amides is 1. The van der Waals surface area contributed by atoms with Crippen LogP contribution in [0.2, 0.25) is 5.02 Å². The number of rotatable bonds is 4. The number of benzene rings is 1. The highest BCUT2D eigenvalue weighted by Gasteiger charge is 2.26. The highest BCUT2D eigenvalue weighted by molar-refractivity contribution is 6.32. The summed E-state index contributed by atoms with van der Waals surface area (Å²) < 4.78 is 5.47. The van der Waals surface area contributed by atoms with Crippen molar-refractivity contribution in [3.05, 3.63) is 40.9 Å². The van der Waals surface area contributed by atoms with Crippen molar-refractivity contribution in [1.29, 1.82) is 0 Å². The SMILES string of the molecule is O=C(NC[C@H]1CCCO1)[C@@H]1C=C(c2ccccc2Cl)NO1. The van der Waals surface area contributed by atoms with E-state index in [1.165, 1.54) is 0 Å². The molecule has 5 nitrogen and oxygen atoms in total. The van der Waals surface area contributed by atoms with Gasteiger partial charge in [-0.2, -0.15) is 0 Å². The van der Waals surface area contributed by atoms with Crippen LogP contribution in [0.25, 0.3) is 5.70 Å². The fraction of sp³-hybridized carbons (Fsp3) is 0.400. The summed E-state index contributed by atoms with van der Waals surface area (Å²) in [5.41, 5.74) is 4.28. The molecule has 0 aliphatic carbocycles. The van der Waals surface area contributed by atoms with Gasteiger partial charge in [-0.15, -0.1) is 0 Å². The first-order chi connectivity index (χ1) is 10.2. The van der Waals surface area contributed by atoms with E-state index in [1.54, 1.807) is 12.1 Å². The Kier molecular flexibility index (Phi) is 4.43. The van der Waals surface area contributed by atoms with Crippen molar-refractivity contribution in [2.45, 2.75) is 25.0 Å². The molecule has 0 spiro atoms. The molecule has 2 aliphatic heterocycles. The fourth-order valence-corrected chi connectivity index (χ4v) is 2.66. The molecule has 1 aromatic carbocycles. The molecule has 1 saturated heterocycles. The number of hydroxylamine groups is 1. The summed E-state index contributed by atoms with van der Waals surface area (Å²) in [7, 11) is 0. The molecule has 1 fully saturated rings. The minimum absolute atomic E-state index is 0.121. The lowest BCUT2D eigenvalue weighted by molar-refractivity contribution is -0.131. The van der Waals surface area contributed by atoms with E-state index in [0.717, 1.165) is 25.0 Å². The van der Waals surface area contributed by atoms with Crippen LogP contribution >= 0.6 is 11.6 Å². The Balaban J connectivity index is 1.59. The van der Waals surface area contributed by atoms with Crippen LogP contribution in [0.15, 0.2) is 30.3 Å². The van der Waals surface area contributed by atoms with Gasteiger partial charge in [0.25, 0.3) is 5.91 Å². The zero-order valence-corrected chi connectivity index (χ0v) is 12.2. The lowest BCUT2D eigenvalue weighted by Crippen LogP contribution is -2.39. The van der Waals surface area contributed by atoms with Crippen molar-refractivity contribution in [3.63, 3.8) is 0 Å². The monoisotopic (exact) mass is 308 g/mol. The molecule has 3 rings (SSSR count). The van der Waals surface area contributed by atoms with Crippen LogP contribution in [-0.4, -0.2) is 31.3 Å². The van der Waals surface area contributed by atoms with Gasteiger partial charge in [0.2, 0.25) is 0 Å². The van der Waals surface area contributed by atoms with Gasteiger partial charge in [-0.3, -0.25) is 15.1 Å². The summed E-state index contributed by atoms with van der Waals surface area (Å²) in [4.78, 5) is 17.4. The van der Waals surface area contributed by atoms with Gasteiger partial charge in [0.05, 0.1) is 11.8 Å². The molecule has 2 atom stereocenters. The summed E-state index contributed by atoms with van der Waals surface area (Å²) in [5.74, 6) is -0.181. The Hall–Kier alpha value is -1.56. The summed E-state index contributed by atoms with van der Waals surface area (Å²) in [6.07, 6.45) is 3.24. The second kappa shape index (κ2) is 6.47. The minimum Gasteiger partial charge on any atom is -0.376 e. The predicted octanol–water partition coefficient (Wildman–Crippen LogP) is 1.88. The quantitative estimate of drug-likeness (QED) is 0.891. The number of nitrogens with one attached hydrogen (secondary N) is 2. The van der Waals surface area contributed by atoms with E-state index in [2.05, 4.69) is 10.8 Å². The van der Waals surface area contributed by atoms with Crippen molar-refractivity contribution in [3.8, 4) is 0 Å². The predicted molar refractivity (Wildman–Crippen MR) is 79.4 cm³/mol. The molecule has 21 heavy (non-hydrogen) atoms. The van der Waals surface area contributed by atoms with Crippen LogP contribution in [0.5, 0.6) is 0 Å². The maximum atomic E-state index is 12.1. The van der Waals surface area contributed by atoms with Crippen LogP contribution in [0.1, 0.15) is 18.4 Å². The third kappa shape index (κ3) is 3.37. The molecule has 0 saturated carbocycles. The van der Waals surface area contributed by atoms with E-state index in [0.29, 0.717) is 17.3 Å². The zero-order valence-electron chi connectivity index (χ0n) is 11.5. The number of hydrogen-bond donors (Lipinski definition) is 2. The molecule has 6 heteroatoms. The fourth-order valence-electron chi connectivity index (χ4n) is 2.42. The molecular formula is C15H17ClN2O3. The number of carbonyl (C=O) groups excluding carboxylic acids is 1. The average Bonchev–Trinajstić information content (AvgIpc) is 3.17. The van der Waals surface area contributed by atoms with E-state index in [1.807, 2.05) is 18.2 Å². The first kappa shape index (κ1) is 14.4. The van der Waals surface area contributed by atoms with Crippen LogP contribution in [0.3, 0.4) is 0 Å². The topological polar surface area (TPSA) is 59.6 Å². The average molecular weight is 309 g/mol. The molecule has 1 amide bonds. The van der Waals surface area contributed by atoms with Gasteiger partial charge in [-0.25, -0.2) is 0 Å². The normalized spacial score (nSPS) is 24.5. The van der Waals surface area contributed by atoms with Crippen molar-refractivity contribution in [2.75, 3.05) is 13.2 Å². The molecule has 0 unspecified atom stereocenters. The summed E-state index contributed by atoms with van der Waals surface area (Å²) in [6, 6.07) is 7.41. The Morgan fingerprint density at radius 3 is 3.05 bits per heavy atom. The lowest BCUT2D eigenvalue weighted by Gasteiger charge is -2.12. The molecular weight excluding hydrogens is 292 g/mol. The first-order valence-electron chi connectivity index (χ1n) is 7.02. The highest BCUT2D eigenvalue weighted by Crippen LogP contribution is 2.25. The van der Waals surface area contributed by atoms with Gasteiger partial charge in [0.15, 0.2) is 6.10 Å². The van der Waals surface area contributed by atoms with E-state index >= 15 is 0 Å². The number of halogens is 1. The maximum absolute atomic E-state index is 12.1. The molecule has 0 bridgehead atoms. The Bertz CT molecular complexity index is 556. The highest BCUT2D eigenvalue weighted by atomic mass is 35.5. The first-order valence-corrected chi connectivity index (χ1v) is 7.39. The largest absolute Gasteiger partial charge is 0.376 e. The van der Waals surface area contributed by atoms with Crippen molar-refractivity contribution in [2.24, 2.45) is 0 Å². The lowest BCUT2D eigenvalue weighted by atomic mass is 10.1. The number of ether oxygens (including phenoxy) is 1. The van der Waals surface area contributed by atoms with Gasteiger partial charge in [0, 0.05) is 23.7 Å². The van der Waals surface area contributed by atoms with Crippen molar-refractivity contribution in [1.82, 2.24) is 10.8 Å². The van der Waals surface area contributed by atoms with Gasteiger partial charge in [0.1, 0.15) is 0 Å². The molecule has 112 valence electrons. The van der Waals surface area contributed by atoms with E-state index in [4.69, 9.17) is 21.2 Å². The molecule has 2 heterocycles.